The Kier molecular flexibility index (Phi) is 5.08. The molecule has 0 saturated heterocycles. The van der Waals surface area contributed by atoms with E-state index in [1.807, 2.05) is 28.9 Å². The van der Waals surface area contributed by atoms with Crippen molar-refractivity contribution in [2.75, 3.05) is 0 Å². The van der Waals surface area contributed by atoms with E-state index in [4.69, 9.17) is 11.6 Å². The maximum Gasteiger partial charge on any atom is 0.251 e. The maximum atomic E-state index is 12.5. The number of amides is 1. The first-order valence-electron chi connectivity index (χ1n) is 9.00. The summed E-state index contributed by atoms with van der Waals surface area (Å²) in [4.78, 5) is 12.5. The average molecular weight is 391 g/mol. The van der Waals surface area contributed by atoms with Crippen molar-refractivity contribution >= 4 is 28.5 Å². The van der Waals surface area contributed by atoms with Gasteiger partial charge in [-0.25, -0.2) is 4.68 Å². The van der Waals surface area contributed by atoms with Crippen LogP contribution in [0.2, 0.25) is 5.02 Å². The SMILES string of the molecule is Cc1ccc(Cn2nnc3cc(C(=O)NCc4cccc(Cl)c4)ccc32)cc1. The summed E-state index contributed by atoms with van der Waals surface area (Å²) in [5, 5.41) is 12.0. The molecule has 140 valence electrons. The van der Waals surface area contributed by atoms with Crippen LogP contribution in [0.5, 0.6) is 0 Å². The zero-order chi connectivity index (χ0) is 19.5. The lowest BCUT2D eigenvalue weighted by Crippen LogP contribution is -2.22. The standard InChI is InChI=1S/C22H19ClN4O/c1-15-5-7-16(8-6-15)14-27-21-10-9-18(12-20(21)25-26-27)22(28)24-13-17-3-2-4-19(23)11-17/h2-12H,13-14H2,1H3,(H,24,28). The number of carbonyl (C=O) groups excluding carboxylic acids is 1. The molecule has 5 nitrogen and oxygen atoms in total. The molecule has 3 aromatic carbocycles. The molecular weight excluding hydrogens is 372 g/mol. The second-order valence-electron chi connectivity index (χ2n) is 6.75. The molecule has 0 spiro atoms. The molecule has 0 saturated carbocycles. The lowest BCUT2D eigenvalue weighted by atomic mass is 10.1. The number of nitrogens with zero attached hydrogens (tertiary/aromatic N) is 3. The van der Waals surface area contributed by atoms with Crippen molar-refractivity contribution < 1.29 is 4.79 Å². The number of benzene rings is 3. The van der Waals surface area contributed by atoms with Gasteiger partial charge in [-0.3, -0.25) is 4.79 Å². The fraction of sp³-hybridized carbons (Fsp3) is 0.136. The number of aromatic nitrogens is 3. The fourth-order valence-electron chi connectivity index (χ4n) is 3.03. The van der Waals surface area contributed by atoms with E-state index < -0.39 is 0 Å². The summed E-state index contributed by atoms with van der Waals surface area (Å²) in [5.41, 5.74) is 5.47. The van der Waals surface area contributed by atoms with Gasteiger partial charge in [0.05, 0.1) is 12.1 Å². The number of hydrogen-bond acceptors (Lipinski definition) is 3. The normalized spacial score (nSPS) is 10.9. The molecule has 0 aliphatic heterocycles. The minimum atomic E-state index is -0.157. The Morgan fingerprint density at radius 2 is 1.86 bits per heavy atom. The van der Waals surface area contributed by atoms with Crippen LogP contribution in [0.25, 0.3) is 11.0 Å². The number of rotatable bonds is 5. The van der Waals surface area contributed by atoms with Gasteiger partial charge in [0.15, 0.2) is 0 Å². The molecule has 28 heavy (non-hydrogen) atoms. The average Bonchev–Trinajstić information content (AvgIpc) is 3.10. The maximum absolute atomic E-state index is 12.5. The van der Waals surface area contributed by atoms with E-state index in [1.165, 1.54) is 5.56 Å². The molecule has 0 fully saturated rings. The number of hydrogen-bond donors (Lipinski definition) is 1. The van der Waals surface area contributed by atoms with Gasteiger partial charge in [-0.1, -0.05) is 58.8 Å². The Bertz CT molecular complexity index is 1130. The van der Waals surface area contributed by atoms with E-state index in [0.717, 1.165) is 16.6 Å². The largest absolute Gasteiger partial charge is 0.348 e. The zero-order valence-corrected chi connectivity index (χ0v) is 16.1. The number of halogens is 1. The highest BCUT2D eigenvalue weighted by Crippen LogP contribution is 2.16. The van der Waals surface area contributed by atoms with Gasteiger partial charge in [0.1, 0.15) is 5.52 Å². The van der Waals surface area contributed by atoms with Gasteiger partial charge in [-0.05, 0) is 48.4 Å². The minimum Gasteiger partial charge on any atom is -0.348 e. The van der Waals surface area contributed by atoms with Crippen molar-refractivity contribution in [1.29, 1.82) is 0 Å². The first-order chi connectivity index (χ1) is 13.6. The van der Waals surface area contributed by atoms with E-state index in [1.54, 1.807) is 18.2 Å². The molecule has 1 heterocycles. The number of carbonyl (C=O) groups is 1. The summed E-state index contributed by atoms with van der Waals surface area (Å²) in [6, 6.07) is 21.2. The van der Waals surface area contributed by atoms with Gasteiger partial charge in [-0.2, -0.15) is 0 Å². The number of aryl methyl sites for hydroxylation is 1. The van der Waals surface area contributed by atoms with Gasteiger partial charge in [0, 0.05) is 17.1 Å². The Labute approximate surface area is 167 Å². The van der Waals surface area contributed by atoms with Crippen LogP contribution >= 0.6 is 11.6 Å². The molecule has 0 aliphatic rings. The lowest BCUT2D eigenvalue weighted by molar-refractivity contribution is 0.0951. The Morgan fingerprint density at radius 1 is 1.04 bits per heavy atom. The van der Waals surface area contributed by atoms with E-state index >= 15 is 0 Å². The van der Waals surface area contributed by atoms with Crippen molar-refractivity contribution in [2.45, 2.75) is 20.0 Å². The molecule has 0 bridgehead atoms. The zero-order valence-electron chi connectivity index (χ0n) is 15.4. The van der Waals surface area contributed by atoms with Crippen molar-refractivity contribution in [3.8, 4) is 0 Å². The molecule has 1 amide bonds. The highest BCUT2D eigenvalue weighted by molar-refractivity contribution is 6.30. The minimum absolute atomic E-state index is 0.157. The van der Waals surface area contributed by atoms with Crippen LogP contribution in [0.15, 0.2) is 66.7 Å². The molecule has 4 rings (SSSR count). The van der Waals surface area contributed by atoms with Crippen LogP contribution < -0.4 is 5.32 Å². The highest BCUT2D eigenvalue weighted by Gasteiger charge is 2.11. The van der Waals surface area contributed by atoms with Gasteiger partial charge in [-0.15, -0.1) is 5.10 Å². The van der Waals surface area contributed by atoms with E-state index in [9.17, 15) is 4.79 Å². The molecular formula is C22H19ClN4O. The molecule has 0 radical (unpaired) electrons. The van der Waals surface area contributed by atoms with E-state index in [2.05, 4.69) is 46.8 Å². The van der Waals surface area contributed by atoms with Gasteiger partial charge in [0.25, 0.3) is 5.91 Å². The monoisotopic (exact) mass is 390 g/mol. The third-order valence-corrected chi connectivity index (χ3v) is 4.81. The quantitative estimate of drug-likeness (QED) is 0.550. The van der Waals surface area contributed by atoms with Crippen molar-refractivity contribution in [3.63, 3.8) is 0 Å². The third kappa shape index (κ3) is 4.05. The van der Waals surface area contributed by atoms with Crippen molar-refractivity contribution in [3.05, 3.63) is 94.0 Å². The van der Waals surface area contributed by atoms with Crippen LogP contribution in [0.1, 0.15) is 27.0 Å². The van der Waals surface area contributed by atoms with Gasteiger partial charge in [0.2, 0.25) is 0 Å². The second kappa shape index (κ2) is 7.82. The molecule has 6 heteroatoms. The van der Waals surface area contributed by atoms with Crippen LogP contribution in [-0.4, -0.2) is 20.9 Å². The Balaban J connectivity index is 1.48. The van der Waals surface area contributed by atoms with Crippen LogP contribution in [-0.2, 0) is 13.1 Å². The van der Waals surface area contributed by atoms with Crippen LogP contribution in [0.4, 0.5) is 0 Å². The van der Waals surface area contributed by atoms with Crippen molar-refractivity contribution in [2.24, 2.45) is 0 Å². The second-order valence-corrected chi connectivity index (χ2v) is 7.19. The molecule has 0 atom stereocenters. The van der Waals surface area contributed by atoms with E-state index in [0.29, 0.717) is 29.2 Å². The summed E-state index contributed by atoms with van der Waals surface area (Å²) in [6.07, 6.45) is 0. The first kappa shape index (κ1) is 18.2. The number of nitrogens with one attached hydrogen (secondary N) is 1. The third-order valence-electron chi connectivity index (χ3n) is 4.57. The Hall–Kier alpha value is -3.18. The number of fused-ring (bicyclic) bond motifs is 1. The van der Waals surface area contributed by atoms with Crippen LogP contribution in [0, 0.1) is 6.92 Å². The molecule has 4 aromatic rings. The highest BCUT2D eigenvalue weighted by atomic mass is 35.5. The summed E-state index contributed by atoms with van der Waals surface area (Å²) in [7, 11) is 0. The summed E-state index contributed by atoms with van der Waals surface area (Å²) in [5.74, 6) is -0.157. The van der Waals surface area contributed by atoms with Gasteiger partial charge >= 0.3 is 0 Å². The van der Waals surface area contributed by atoms with E-state index in [-0.39, 0.29) is 5.91 Å². The van der Waals surface area contributed by atoms with Crippen molar-refractivity contribution in [1.82, 2.24) is 20.3 Å². The lowest BCUT2D eigenvalue weighted by Gasteiger charge is -2.06. The summed E-state index contributed by atoms with van der Waals surface area (Å²) < 4.78 is 1.84. The fourth-order valence-corrected chi connectivity index (χ4v) is 3.24. The first-order valence-corrected chi connectivity index (χ1v) is 9.38. The molecule has 0 aliphatic carbocycles. The summed E-state index contributed by atoms with van der Waals surface area (Å²) in [6.45, 7) is 3.11. The molecule has 0 unspecified atom stereocenters. The molecule has 1 N–H and O–H groups in total. The topological polar surface area (TPSA) is 59.8 Å². The van der Waals surface area contributed by atoms with Crippen LogP contribution in [0.3, 0.4) is 0 Å². The van der Waals surface area contributed by atoms with Gasteiger partial charge < -0.3 is 5.32 Å². The summed E-state index contributed by atoms with van der Waals surface area (Å²) >= 11 is 5.98. The predicted molar refractivity (Wildman–Crippen MR) is 110 cm³/mol. The predicted octanol–water partition coefficient (Wildman–Crippen LogP) is 4.37. The Morgan fingerprint density at radius 3 is 2.64 bits per heavy atom. The smallest absolute Gasteiger partial charge is 0.251 e. The molecule has 1 aromatic heterocycles.